The molecule has 3 aliphatic rings. The van der Waals surface area contributed by atoms with Crippen LogP contribution in [0.2, 0.25) is 0 Å². The molecule has 8 rings (SSSR count). The SMILES string of the molecule is CN1CCN(c2ccc3cc(Nc4ncc5c(=O)n6n(c5n4)-c4ccc5c(c4)N(CCC/C=C\C6)C(=O)CO5)ccc3n2)CC1. The average molecular weight is 604 g/mol. The molecule has 2 bridgehead atoms. The summed E-state index contributed by atoms with van der Waals surface area (Å²) >= 11 is 0. The van der Waals surface area contributed by atoms with Crippen molar-refractivity contribution in [1.82, 2.24) is 29.2 Å². The number of benzene rings is 2. The van der Waals surface area contributed by atoms with E-state index < -0.39 is 0 Å². The molecule has 3 aliphatic heterocycles. The summed E-state index contributed by atoms with van der Waals surface area (Å²) in [4.78, 5) is 47.1. The number of carbonyl (C=O) groups excluding carboxylic acids is 1. The summed E-state index contributed by atoms with van der Waals surface area (Å²) in [5.74, 6) is 1.93. The highest BCUT2D eigenvalue weighted by Gasteiger charge is 2.27. The third-order valence-corrected chi connectivity index (χ3v) is 8.76. The van der Waals surface area contributed by atoms with Gasteiger partial charge in [0.1, 0.15) is 17.0 Å². The normalized spacial score (nSPS) is 17.8. The smallest absolute Gasteiger partial charge is 0.278 e. The van der Waals surface area contributed by atoms with Gasteiger partial charge in [-0.2, -0.15) is 4.98 Å². The molecule has 1 saturated heterocycles. The molecule has 0 atom stereocenters. The van der Waals surface area contributed by atoms with Crippen LogP contribution in [0, 0.1) is 0 Å². The fraction of sp³-hybridized carbons (Fsp3) is 0.303. The monoisotopic (exact) mass is 603 g/mol. The van der Waals surface area contributed by atoms with E-state index in [-0.39, 0.29) is 18.1 Å². The highest BCUT2D eigenvalue weighted by molar-refractivity contribution is 5.98. The summed E-state index contributed by atoms with van der Waals surface area (Å²) in [5, 5.41) is 4.74. The first-order valence-corrected chi connectivity index (χ1v) is 15.3. The predicted molar refractivity (Wildman–Crippen MR) is 174 cm³/mol. The van der Waals surface area contributed by atoms with E-state index in [4.69, 9.17) is 14.7 Å². The quantitative estimate of drug-likeness (QED) is 0.309. The highest BCUT2D eigenvalue weighted by Crippen LogP contribution is 2.35. The van der Waals surface area contributed by atoms with Gasteiger partial charge in [-0.05, 0) is 68.4 Å². The minimum absolute atomic E-state index is 0.0177. The highest BCUT2D eigenvalue weighted by atomic mass is 16.5. The Morgan fingerprint density at radius 3 is 2.69 bits per heavy atom. The summed E-state index contributed by atoms with van der Waals surface area (Å²) in [6.45, 7) is 4.97. The summed E-state index contributed by atoms with van der Waals surface area (Å²) in [7, 11) is 2.15. The molecule has 3 aromatic heterocycles. The molecule has 0 saturated carbocycles. The summed E-state index contributed by atoms with van der Waals surface area (Å²) in [5.41, 5.74) is 3.42. The van der Waals surface area contributed by atoms with Crippen LogP contribution < -0.4 is 25.4 Å². The van der Waals surface area contributed by atoms with Crippen molar-refractivity contribution in [3.63, 3.8) is 0 Å². The molecule has 0 aliphatic carbocycles. The van der Waals surface area contributed by atoms with Crippen LogP contribution in [-0.4, -0.2) is 81.5 Å². The summed E-state index contributed by atoms with van der Waals surface area (Å²) < 4.78 is 9.19. The Morgan fingerprint density at radius 2 is 1.80 bits per heavy atom. The fourth-order valence-corrected chi connectivity index (χ4v) is 6.28. The number of allylic oxidation sites excluding steroid dienone is 2. The maximum atomic E-state index is 13.6. The van der Waals surface area contributed by atoms with E-state index in [2.05, 4.69) is 45.4 Å². The first-order valence-electron chi connectivity index (χ1n) is 15.3. The molecule has 45 heavy (non-hydrogen) atoms. The number of nitrogens with one attached hydrogen (secondary N) is 1. The number of likely N-dealkylation sites (N-methyl/N-ethyl adjacent to an activating group) is 1. The molecule has 12 nitrogen and oxygen atoms in total. The number of anilines is 4. The van der Waals surface area contributed by atoms with Gasteiger partial charge >= 0.3 is 0 Å². The van der Waals surface area contributed by atoms with Crippen LogP contribution in [0.3, 0.4) is 0 Å². The number of hydrogen-bond acceptors (Lipinski definition) is 9. The average Bonchev–Trinajstić information content (AvgIpc) is 3.33. The molecular formula is C33H33N9O3. The van der Waals surface area contributed by atoms with Crippen molar-refractivity contribution in [2.24, 2.45) is 0 Å². The molecule has 6 heterocycles. The van der Waals surface area contributed by atoms with Crippen LogP contribution in [0.5, 0.6) is 5.75 Å². The van der Waals surface area contributed by atoms with Gasteiger partial charge < -0.3 is 24.8 Å². The van der Waals surface area contributed by atoms with Crippen molar-refractivity contribution in [2.75, 3.05) is 61.5 Å². The number of ether oxygens (including phenoxy) is 1. The number of rotatable bonds is 3. The first-order chi connectivity index (χ1) is 22.0. The molecule has 2 aromatic carbocycles. The van der Waals surface area contributed by atoms with Crippen LogP contribution in [0.25, 0.3) is 27.6 Å². The van der Waals surface area contributed by atoms with E-state index in [1.807, 2.05) is 42.5 Å². The van der Waals surface area contributed by atoms with Gasteiger partial charge in [0.2, 0.25) is 5.95 Å². The van der Waals surface area contributed by atoms with Crippen molar-refractivity contribution in [3.05, 3.63) is 77.2 Å². The third kappa shape index (κ3) is 4.96. The van der Waals surface area contributed by atoms with Crippen molar-refractivity contribution in [2.45, 2.75) is 19.4 Å². The predicted octanol–water partition coefficient (Wildman–Crippen LogP) is 3.70. The standard InChI is InChI=1S/C33H33N9O3/c1-38-14-16-39(17-15-38)29-11-6-22-18-23(7-9-26(22)36-29)35-33-34-20-25-31(37-33)42-24-8-10-28-27(19-24)40(30(43)21-45-28)12-4-2-3-5-13-41(42)32(25)44/h3,5-11,18-20H,2,4,12-17,21H2,1H3,(H,34,35,37)/b5-3-. The second kappa shape index (κ2) is 11.0. The van der Waals surface area contributed by atoms with Crippen LogP contribution in [0.15, 0.2) is 71.7 Å². The lowest BCUT2D eigenvalue weighted by atomic mass is 10.1. The van der Waals surface area contributed by atoms with Crippen molar-refractivity contribution < 1.29 is 9.53 Å². The molecule has 1 fully saturated rings. The van der Waals surface area contributed by atoms with E-state index in [9.17, 15) is 9.59 Å². The molecule has 0 radical (unpaired) electrons. The number of fused-ring (bicyclic) bond motifs is 6. The van der Waals surface area contributed by atoms with Gasteiger partial charge in [-0.3, -0.25) is 9.59 Å². The van der Waals surface area contributed by atoms with Crippen molar-refractivity contribution >= 4 is 51.0 Å². The van der Waals surface area contributed by atoms with Gasteiger partial charge in [0.15, 0.2) is 12.3 Å². The van der Waals surface area contributed by atoms with E-state index in [1.165, 1.54) is 0 Å². The van der Waals surface area contributed by atoms with Crippen LogP contribution in [0.1, 0.15) is 12.8 Å². The van der Waals surface area contributed by atoms with Crippen LogP contribution in [0.4, 0.5) is 23.1 Å². The number of pyridine rings is 1. The largest absolute Gasteiger partial charge is 0.482 e. The van der Waals surface area contributed by atoms with Crippen molar-refractivity contribution in [3.8, 4) is 11.4 Å². The lowest BCUT2D eigenvalue weighted by Crippen LogP contribution is -2.44. The summed E-state index contributed by atoms with van der Waals surface area (Å²) in [6, 6.07) is 15.8. The zero-order chi connectivity index (χ0) is 30.5. The Labute approximate surface area is 259 Å². The third-order valence-electron chi connectivity index (χ3n) is 8.76. The van der Waals surface area contributed by atoms with E-state index in [1.54, 1.807) is 20.5 Å². The lowest BCUT2D eigenvalue weighted by molar-refractivity contribution is -0.121. The van der Waals surface area contributed by atoms with Gasteiger partial charge in [0.25, 0.3) is 11.5 Å². The number of aromatic nitrogens is 5. The zero-order valence-electron chi connectivity index (χ0n) is 25.0. The summed E-state index contributed by atoms with van der Waals surface area (Å²) in [6.07, 6.45) is 7.22. The molecule has 0 spiro atoms. The second-order valence-corrected chi connectivity index (χ2v) is 11.7. The zero-order valence-corrected chi connectivity index (χ0v) is 25.0. The molecule has 5 aromatic rings. The Balaban J connectivity index is 1.16. The second-order valence-electron chi connectivity index (χ2n) is 11.7. The van der Waals surface area contributed by atoms with E-state index in [0.29, 0.717) is 47.2 Å². The Hall–Kier alpha value is -5.23. The number of hydrogen-bond donors (Lipinski definition) is 1. The maximum absolute atomic E-state index is 13.6. The Bertz CT molecular complexity index is 2040. The Kier molecular flexibility index (Phi) is 6.71. The van der Waals surface area contributed by atoms with Gasteiger partial charge in [-0.15, -0.1) is 0 Å². The lowest BCUT2D eigenvalue weighted by Gasteiger charge is -2.33. The molecule has 228 valence electrons. The molecule has 0 unspecified atom stereocenters. The number of amides is 1. The van der Waals surface area contributed by atoms with Gasteiger partial charge in [-0.1, -0.05) is 12.2 Å². The van der Waals surface area contributed by atoms with Crippen LogP contribution >= 0.6 is 0 Å². The molecule has 1 amide bonds. The van der Waals surface area contributed by atoms with Gasteiger partial charge in [-0.25, -0.2) is 19.3 Å². The minimum atomic E-state index is -0.187. The maximum Gasteiger partial charge on any atom is 0.278 e. The van der Waals surface area contributed by atoms with E-state index >= 15 is 0 Å². The van der Waals surface area contributed by atoms with Crippen molar-refractivity contribution in [1.29, 1.82) is 0 Å². The van der Waals surface area contributed by atoms with Gasteiger partial charge in [0.05, 0.1) is 23.4 Å². The van der Waals surface area contributed by atoms with E-state index in [0.717, 1.165) is 61.4 Å². The number of carbonyl (C=O) groups is 1. The topological polar surface area (TPSA) is 114 Å². The number of piperazine rings is 1. The Morgan fingerprint density at radius 1 is 0.911 bits per heavy atom. The minimum Gasteiger partial charge on any atom is -0.482 e. The molecule has 1 N–H and O–H groups in total. The van der Waals surface area contributed by atoms with Gasteiger partial charge in [0, 0.05) is 50.0 Å². The van der Waals surface area contributed by atoms with Crippen LogP contribution in [-0.2, 0) is 11.3 Å². The molecule has 12 heteroatoms. The number of nitrogens with zero attached hydrogens (tertiary/aromatic N) is 8. The first kappa shape index (κ1) is 27.3. The fourth-order valence-electron chi connectivity index (χ4n) is 6.28. The molecular weight excluding hydrogens is 570 g/mol.